The van der Waals surface area contributed by atoms with Gasteiger partial charge in [-0.15, -0.1) is 5.10 Å². The lowest BCUT2D eigenvalue weighted by molar-refractivity contribution is -0.188. The van der Waals surface area contributed by atoms with Gasteiger partial charge in [-0.25, -0.2) is 4.68 Å². The Morgan fingerprint density at radius 3 is 2.84 bits per heavy atom. The molecule has 0 saturated carbocycles. The number of hydrogen-bond acceptors (Lipinski definition) is 6. The first-order valence-corrected chi connectivity index (χ1v) is 9.70. The SMILES string of the molecule is O=S(=O)(O)CCC1COC(Cn2ccnn2)(c2ccc(Cl)cc2Cl)O1. The number of benzene rings is 1. The van der Waals surface area contributed by atoms with E-state index in [2.05, 4.69) is 10.3 Å². The van der Waals surface area contributed by atoms with Gasteiger partial charge in [0.05, 0.1) is 29.7 Å². The Morgan fingerprint density at radius 1 is 1.40 bits per heavy atom. The topological polar surface area (TPSA) is 104 Å². The molecule has 2 heterocycles. The van der Waals surface area contributed by atoms with Gasteiger partial charge in [0.25, 0.3) is 10.1 Å². The van der Waals surface area contributed by atoms with E-state index in [0.29, 0.717) is 15.6 Å². The fourth-order valence-electron chi connectivity index (χ4n) is 2.63. The van der Waals surface area contributed by atoms with Crippen LogP contribution in [-0.2, 0) is 31.9 Å². The highest BCUT2D eigenvalue weighted by Crippen LogP contribution is 2.40. The first-order valence-electron chi connectivity index (χ1n) is 7.34. The summed E-state index contributed by atoms with van der Waals surface area (Å²) in [5.41, 5.74) is 0.545. The molecule has 25 heavy (non-hydrogen) atoms. The Hall–Kier alpha value is -1.23. The Balaban J connectivity index is 1.88. The van der Waals surface area contributed by atoms with Gasteiger partial charge in [0.2, 0.25) is 5.79 Å². The molecule has 1 aromatic heterocycles. The highest BCUT2D eigenvalue weighted by Gasteiger charge is 2.45. The number of ether oxygens (including phenoxy) is 2. The van der Waals surface area contributed by atoms with Crippen molar-refractivity contribution in [3.05, 3.63) is 46.2 Å². The molecule has 0 spiro atoms. The average Bonchev–Trinajstić information content (AvgIpc) is 3.15. The summed E-state index contributed by atoms with van der Waals surface area (Å²) in [4.78, 5) is 0. The van der Waals surface area contributed by atoms with Crippen molar-refractivity contribution in [2.75, 3.05) is 12.4 Å². The zero-order valence-corrected chi connectivity index (χ0v) is 15.2. The highest BCUT2D eigenvalue weighted by molar-refractivity contribution is 7.85. The number of nitrogens with zero attached hydrogens (tertiary/aromatic N) is 3. The van der Waals surface area contributed by atoms with Gasteiger partial charge in [0, 0.05) is 16.8 Å². The monoisotopic (exact) mass is 407 g/mol. The summed E-state index contributed by atoms with van der Waals surface area (Å²) >= 11 is 12.3. The molecule has 136 valence electrons. The lowest BCUT2D eigenvalue weighted by Crippen LogP contribution is -2.34. The molecule has 1 saturated heterocycles. The molecule has 1 aliphatic heterocycles. The molecule has 8 nitrogen and oxygen atoms in total. The number of hydrogen-bond donors (Lipinski definition) is 1. The summed E-state index contributed by atoms with van der Waals surface area (Å²) < 4.78 is 44.3. The number of aromatic nitrogens is 3. The van der Waals surface area contributed by atoms with Crippen molar-refractivity contribution in [1.82, 2.24) is 15.0 Å². The van der Waals surface area contributed by atoms with Gasteiger partial charge in [0.15, 0.2) is 0 Å². The van der Waals surface area contributed by atoms with Crippen LogP contribution in [0.1, 0.15) is 12.0 Å². The van der Waals surface area contributed by atoms with Crippen molar-refractivity contribution in [2.45, 2.75) is 24.9 Å². The molecular formula is C14H15Cl2N3O5S. The zero-order valence-electron chi connectivity index (χ0n) is 12.9. The molecule has 0 aliphatic carbocycles. The normalized spacial score (nSPS) is 23.9. The smallest absolute Gasteiger partial charge is 0.264 e. The van der Waals surface area contributed by atoms with E-state index in [9.17, 15) is 8.42 Å². The van der Waals surface area contributed by atoms with E-state index in [1.165, 1.54) is 10.9 Å². The molecular weight excluding hydrogens is 393 g/mol. The van der Waals surface area contributed by atoms with Crippen LogP contribution in [-0.4, -0.2) is 46.4 Å². The van der Waals surface area contributed by atoms with E-state index in [4.69, 9.17) is 37.2 Å². The molecule has 1 aromatic carbocycles. The van der Waals surface area contributed by atoms with Crippen molar-refractivity contribution in [3.63, 3.8) is 0 Å². The molecule has 1 N–H and O–H groups in total. The standard InChI is InChI=1S/C14H15Cl2N3O5S/c15-10-1-2-12(13(16)7-10)14(9-19-5-4-17-18-19)23-8-11(24-14)3-6-25(20,21)22/h1-2,4-5,7,11H,3,6,8-9H2,(H,20,21,22). The highest BCUT2D eigenvalue weighted by atomic mass is 35.5. The van der Waals surface area contributed by atoms with Crippen LogP contribution in [0.2, 0.25) is 10.0 Å². The van der Waals surface area contributed by atoms with E-state index in [1.54, 1.807) is 24.4 Å². The molecule has 2 unspecified atom stereocenters. The predicted octanol–water partition coefficient (Wildman–Crippen LogP) is 2.13. The van der Waals surface area contributed by atoms with Crippen LogP contribution in [0.15, 0.2) is 30.6 Å². The van der Waals surface area contributed by atoms with Gasteiger partial charge < -0.3 is 9.47 Å². The Morgan fingerprint density at radius 2 is 2.20 bits per heavy atom. The second-order valence-electron chi connectivity index (χ2n) is 5.60. The minimum Gasteiger partial charge on any atom is -0.342 e. The molecule has 11 heteroatoms. The molecule has 1 fully saturated rings. The third kappa shape index (κ3) is 4.49. The third-order valence-corrected chi connectivity index (χ3v) is 5.04. The van der Waals surface area contributed by atoms with Gasteiger partial charge in [-0.2, -0.15) is 8.42 Å². The largest absolute Gasteiger partial charge is 0.342 e. The van der Waals surface area contributed by atoms with Crippen LogP contribution in [0, 0.1) is 0 Å². The van der Waals surface area contributed by atoms with E-state index >= 15 is 0 Å². The summed E-state index contributed by atoms with van der Waals surface area (Å²) in [6.07, 6.45) is 2.71. The first-order chi connectivity index (χ1) is 11.8. The maximum atomic E-state index is 11.0. The lowest BCUT2D eigenvalue weighted by Gasteiger charge is -2.29. The van der Waals surface area contributed by atoms with Crippen molar-refractivity contribution in [3.8, 4) is 0 Å². The van der Waals surface area contributed by atoms with E-state index in [-0.39, 0.29) is 19.6 Å². The van der Waals surface area contributed by atoms with Crippen molar-refractivity contribution in [2.24, 2.45) is 0 Å². The quantitative estimate of drug-likeness (QED) is 0.731. The van der Waals surface area contributed by atoms with E-state index < -0.39 is 27.8 Å². The van der Waals surface area contributed by atoms with E-state index in [1.807, 2.05) is 0 Å². The Bertz CT molecular complexity index is 846. The van der Waals surface area contributed by atoms with Crippen molar-refractivity contribution < 1.29 is 22.4 Å². The minimum absolute atomic E-state index is 0.0865. The van der Waals surface area contributed by atoms with Crippen LogP contribution in [0.3, 0.4) is 0 Å². The van der Waals surface area contributed by atoms with Gasteiger partial charge >= 0.3 is 0 Å². The van der Waals surface area contributed by atoms with Gasteiger partial charge in [-0.1, -0.05) is 34.5 Å². The zero-order chi connectivity index (χ0) is 18.1. The van der Waals surface area contributed by atoms with Crippen LogP contribution >= 0.6 is 23.2 Å². The second-order valence-corrected chi connectivity index (χ2v) is 8.02. The van der Waals surface area contributed by atoms with Crippen LogP contribution in [0.5, 0.6) is 0 Å². The molecule has 0 radical (unpaired) electrons. The molecule has 2 atom stereocenters. The summed E-state index contributed by atoms with van der Waals surface area (Å²) in [6, 6.07) is 4.91. The average molecular weight is 408 g/mol. The number of rotatable bonds is 6. The summed E-state index contributed by atoms with van der Waals surface area (Å²) in [7, 11) is -4.08. The Kier molecular flexibility index (Phi) is 5.33. The predicted molar refractivity (Wildman–Crippen MR) is 90.0 cm³/mol. The van der Waals surface area contributed by atoms with Crippen molar-refractivity contribution >= 4 is 33.3 Å². The lowest BCUT2D eigenvalue weighted by atomic mass is 10.1. The summed E-state index contributed by atoms with van der Waals surface area (Å²) in [5, 5.41) is 8.47. The second kappa shape index (κ2) is 7.18. The first kappa shape index (κ1) is 18.6. The van der Waals surface area contributed by atoms with Crippen LogP contribution in [0.4, 0.5) is 0 Å². The summed E-state index contributed by atoms with van der Waals surface area (Å²) in [5.74, 6) is -1.69. The fraction of sp³-hybridized carbons (Fsp3) is 0.429. The van der Waals surface area contributed by atoms with Gasteiger partial charge in [0.1, 0.15) is 6.54 Å². The number of halogens is 2. The fourth-order valence-corrected chi connectivity index (χ4v) is 3.74. The molecule has 0 bridgehead atoms. The van der Waals surface area contributed by atoms with Crippen LogP contribution < -0.4 is 0 Å². The minimum atomic E-state index is -4.08. The van der Waals surface area contributed by atoms with Crippen LogP contribution in [0.25, 0.3) is 0 Å². The maximum Gasteiger partial charge on any atom is 0.264 e. The third-order valence-electron chi connectivity index (χ3n) is 3.74. The van der Waals surface area contributed by atoms with Gasteiger partial charge in [-0.05, 0) is 18.6 Å². The summed E-state index contributed by atoms with van der Waals surface area (Å²) in [6.45, 7) is 0.305. The molecule has 2 aromatic rings. The molecule has 3 rings (SSSR count). The van der Waals surface area contributed by atoms with E-state index in [0.717, 1.165) is 0 Å². The Labute approximate surface area is 154 Å². The molecule has 0 amide bonds. The van der Waals surface area contributed by atoms with Crippen molar-refractivity contribution in [1.29, 1.82) is 0 Å². The molecule has 1 aliphatic rings. The maximum absolute atomic E-state index is 11.0. The van der Waals surface area contributed by atoms with Gasteiger partial charge in [-0.3, -0.25) is 4.55 Å².